The van der Waals surface area contributed by atoms with Gasteiger partial charge in [-0.25, -0.2) is 0 Å². The van der Waals surface area contributed by atoms with Crippen LogP contribution in [0.1, 0.15) is 12.8 Å². The van der Waals surface area contributed by atoms with Crippen molar-refractivity contribution in [2.45, 2.75) is 27.3 Å². The highest BCUT2D eigenvalue weighted by Crippen LogP contribution is 2.52. The highest BCUT2D eigenvalue weighted by molar-refractivity contribution is 9.11. The van der Waals surface area contributed by atoms with E-state index in [0.717, 1.165) is 0 Å². The summed E-state index contributed by atoms with van der Waals surface area (Å²) >= 11 is 10.5. The maximum absolute atomic E-state index is 12.3. The Morgan fingerprint density at radius 1 is 1.57 bits per heavy atom. The highest BCUT2D eigenvalue weighted by Gasteiger charge is 2.59. The van der Waals surface area contributed by atoms with Crippen molar-refractivity contribution in [2.75, 3.05) is 0 Å². The lowest BCUT2D eigenvalue weighted by Crippen LogP contribution is -2.49. The minimum absolute atomic E-state index is 0.122. The van der Waals surface area contributed by atoms with Gasteiger partial charge in [0.15, 0.2) is 8.29 Å². The van der Waals surface area contributed by atoms with E-state index < -0.39 is 26.9 Å². The van der Waals surface area contributed by atoms with Gasteiger partial charge in [0.1, 0.15) is 0 Å². The predicted octanol–water partition coefficient (Wildman–Crippen LogP) is 3.31. The molecule has 1 saturated heterocycles. The van der Waals surface area contributed by atoms with Gasteiger partial charge in [-0.3, -0.25) is 4.79 Å². The third kappa shape index (κ3) is 2.55. The van der Waals surface area contributed by atoms with Crippen molar-refractivity contribution in [3.8, 4) is 0 Å². The molecule has 2 unspecified atom stereocenters. The quantitative estimate of drug-likeness (QED) is 0.558. The van der Waals surface area contributed by atoms with Crippen LogP contribution < -0.4 is 0 Å². The molecule has 0 bridgehead atoms. The lowest BCUT2D eigenvalue weighted by atomic mass is 10.1. The Morgan fingerprint density at radius 2 is 2.00 bits per heavy atom. The first-order chi connectivity index (χ1) is 6.06. The van der Waals surface area contributed by atoms with E-state index in [2.05, 4.69) is 36.6 Å². The fourth-order valence-corrected chi connectivity index (χ4v) is 2.98. The lowest BCUT2D eigenvalue weighted by Gasteiger charge is -2.39. The molecule has 2 nitrogen and oxygen atoms in total. The Balaban J connectivity index is 2.64. The third-order valence-electron chi connectivity index (χ3n) is 1.61. The van der Waals surface area contributed by atoms with Gasteiger partial charge in [0, 0.05) is 6.42 Å². The van der Waals surface area contributed by atoms with E-state index in [9.17, 15) is 18.0 Å². The Morgan fingerprint density at radius 3 is 2.29 bits per heavy atom. The maximum Gasteiger partial charge on any atom is 0.417 e. The van der Waals surface area contributed by atoms with Crippen LogP contribution in [0.2, 0.25) is 0 Å². The first kappa shape index (κ1) is 12.6. The number of hydrogen-bond donors (Lipinski definition) is 0. The summed E-state index contributed by atoms with van der Waals surface area (Å²) in [6, 6.07) is 0. The maximum atomic E-state index is 12.3. The van der Waals surface area contributed by atoms with E-state index in [1.807, 2.05) is 0 Å². The van der Waals surface area contributed by atoms with E-state index in [4.69, 9.17) is 11.6 Å². The van der Waals surface area contributed by atoms with Crippen LogP contribution in [0.3, 0.4) is 0 Å². The predicted molar refractivity (Wildman–Crippen MR) is 50.6 cm³/mol. The Bertz CT molecular complexity index is 258. The standard InChI is InChI=1S/C6H4Br2ClF3O2/c7-4(1-3(13)14-4)2-5(8,9)6(10,11)12/h1-2H2. The number of carbonyl (C=O) groups is 1. The minimum Gasteiger partial charge on any atom is -0.447 e. The van der Waals surface area contributed by atoms with Gasteiger partial charge in [0.25, 0.3) is 0 Å². The summed E-state index contributed by atoms with van der Waals surface area (Å²) in [6.07, 6.45) is -5.32. The Kier molecular flexibility index (Phi) is 3.16. The van der Waals surface area contributed by atoms with Crippen molar-refractivity contribution >= 4 is 49.4 Å². The van der Waals surface area contributed by atoms with Crippen molar-refractivity contribution in [1.29, 1.82) is 0 Å². The zero-order valence-electron chi connectivity index (χ0n) is 6.50. The summed E-state index contributed by atoms with van der Waals surface area (Å²) in [5.41, 5.74) is 0. The molecule has 1 rings (SSSR count). The molecule has 0 aliphatic carbocycles. The topological polar surface area (TPSA) is 26.3 Å². The summed E-state index contributed by atoms with van der Waals surface area (Å²) in [4.78, 5) is 10.5. The summed E-state index contributed by atoms with van der Waals surface area (Å²) < 4.78 is 37.5. The number of hydrogen-bond acceptors (Lipinski definition) is 2. The number of cyclic esters (lactones) is 1. The fourth-order valence-electron chi connectivity index (χ4n) is 0.942. The Labute approximate surface area is 99.4 Å². The van der Waals surface area contributed by atoms with Crippen molar-refractivity contribution in [3.63, 3.8) is 0 Å². The molecule has 2 atom stereocenters. The van der Waals surface area contributed by atoms with Crippen LogP contribution >= 0.6 is 43.5 Å². The van der Waals surface area contributed by atoms with Gasteiger partial charge < -0.3 is 4.74 Å². The largest absolute Gasteiger partial charge is 0.447 e. The lowest BCUT2D eigenvalue weighted by molar-refractivity contribution is -0.183. The highest BCUT2D eigenvalue weighted by atomic mass is 79.9. The van der Waals surface area contributed by atoms with E-state index >= 15 is 0 Å². The normalized spacial score (nSPS) is 31.7. The Hall–Kier alpha value is 0.510. The summed E-state index contributed by atoms with van der Waals surface area (Å²) in [7, 11) is 0. The van der Waals surface area contributed by atoms with E-state index in [0.29, 0.717) is 0 Å². The average Bonchev–Trinajstić information content (AvgIpc) is 1.78. The van der Waals surface area contributed by atoms with Crippen LogP contribution in [-0.2, 0) is 9.53 Å². The molecule has 1 heterocycles. The molecule has 0 amide bonds. The average molecular weight is 360 g/mol. The number of rotatable bonds is 2. The third-order valence-corrected chi connectivity index (χ3v) is 3.41. The second-order valence-corrected chi connectivity index (χ2v) is 6.81. The van der Waals surface area contributed by atoms with Crippen molar-refractivity contribution in [3.05, 3.63) is 0 Å². The van der Waals surface area contributed by atoms with Crippen LogP contribution in [0.4, 0.5) is 13.2 Å². The first-order valence-electron chi connectivity index (χ1n) is 3.41. The monoisotopic (exact) mass is 358 g/mol. The van der Waals surface area contributed by atoms with Gasteiger partial charge in [0.05, 0.1) is 6.42 Å². The van der Waals surface area contributed by atoms with E-state index in [1.54, 1.807) is 0 Å². The van der Waals surface area contributed by atoms with Gasteiger partial charge in [-0.15, -0.1) is 0 Å². The summed E-state index contributed by atoms with van der Waals surface area (Å²) in [5, 5.41) is 0. The molecule has 0 saturated carbocycles. The van der Waals surface area contributed by atoms with Crippen LogP contribution in [0.15, 0.2) is 0 Å². The van der Waals surface area contributed by atoms with E-state index in [1.165, 1.54) is 0 Å². The molecule has 14 heavy (non-hydrogen) atoms. The molecule has 82 valence electrons. The molecule has 0 spiro atoms. The van der Waals surface area contributed by atoms with Gasteiger partial charge in [-0.2, -0.15) is 13.2 Å². The molecule has 1 fully saturated rings. The molecular weight excluding hydrogens is 356 g/mol. The zero-order chi connectivity index (χ0) is 11.2. The van der Waals surface area contributed by atoms with Crippen LogP contribution in [0, 0.1) is 0 Å². The molecular formula is C6H4Br2ClF3O2. The van der Waals surface area contributed by atoms with E-state index in [-0.39, 0.29) is 6.42 Å². The minimum atomic E-state index is -4.61. The molecule has 8 heteroatoms. The molecule has 1 aliphatic rings. The first-order valence-corrected chi connectivity index (χ1v) is 5.37. The molecule has 0 aromatic carbocycles. The smallest absolute Gasteiger partial charge is 0.417 e. The van der Waals surface area contributed by atoms with Crippen LogP contribution in [-0.4, -0.2) is 20.4 Å². The molecule has 1 aliphatic heterocycles. The number of alkyl halides is 6. The molecule has 0 aromatic rings. The molecule has 0 radical (unpaired) electrons. The van der Waals surface area contributed by atoms with Crippen molar-refractivity contribution in [1.82, 2.24) is 0 Å². The SMILES string of the molecule is O=C1CC(Br)(CC(Cl)(Br)C(F)(F)F)O1. The van der Waals surface area contributed by atoms with Crippen LogP contribution in [0.25, 0.3) is 0 Å². The number of ether oxygens (including phenoxy) is 1. The number of carbonyl (C=O) groups excluding carboxylic acids is 1. The van der Waals surface area contributed by atoms with Gasteiger partial charge >= 0.3 is 12.1 Å². The van der Waals surface area contributed by atoms with Gasteiger partial charge in [-0.1, -0.05) is 27.5 Å². The van der Waals surface area contributed by atoms with Crippen LogP contribution in [0.5, 0.6) is 0 Å². The second-order valence-electron chi connectivity index (χ2n) is 2.91. The summed E-state index contributed by atoms with van der Waals surface area (Å²) in [5.74, 6) is -0.552. The number of esters is 1. The summed E-state index contributed by atoms with van der Waals surface area (Å²) in [6.45, 7) is 0. The molecule has 0 N–H and O–H groups in total. The van der Waals surface area contributed by atoms with Gasteiger partial charge in [0.2, 0.25) is 0 Å². The fraction of sp³-hybridized carbons (Fsp3) is 0.833. The molecule has 0 aromatic heterocycles. The van der Waals surface area contributed by atoms with Gasteiger partial charge in [-0.05, 0) is 15.9 Å². The second kappa shape index (κ2) is 3.52. The van der Waals surface area contributed by atoms with Crippen molar-refractivity contribution in [2.24, 2.45) is 0 Å². The van der Waals surface area contributed by atoms with Crippen molar-refractivity contribution < 1.29 is 22.7 Å². The zero-order valence-corrected chi connectivity index (χ0v) is 10.4. The number of halogens is 6.